The topological polar surface area (TPSA) is 0 Å². The molecule has 44 valence electrons. The fourth-order valence-corrected chi connectivity index (χ4v) is 2.31. The first-order valence-electron chi connectivity index (χ1n) is 2.97. The molecule has 0 aromatic rings. The van der Waals surface area contributed by atoms with Gasteiger partial charge in [-0.3, -0.25) is 0 Å². The molecule has 0 fully saturated rings. The van der Waals surface area contributed by atoms with Crippen LogP contribution in [0.3, 0.4) is 0 Å². The number of allylic oxidation sites excluding steroid dienone is 4. The zero-order chi connectivity index (χ0) is 5.98. The number of rotatable bonds is 1. The van der Waals surface area contributed by atoms with Gasteiger partial charge >= 0.3 is 56.9 Å². The van der Waals surface area contributed by atoms with E-state index in [9.17, 15) is 0 Å². The van der Waals surface area contributed by atoms with Crippen LogP contribution in [0.2, 0.25) is 10.5 Å². The summed E-state index contributed by atoms with van der Waals surface area (Å²) in [5, 5.41) is 4.80. The summed E-state index contributed by atoms with van der Waals surface area (Å²) in [7, 11) is 0. The second kappa shape index (κ2) is 2.66. The predicted octanol–water partition coefficient (Wildman–Crippen LogP) is 2.66. The molecule has 1 aliphatic rings. The second-order valence-electron chi connectivity index (χ2n) is 2.32. The van der Waals surface area contributed by atoms with E-state index in [4.69, 9.17) is 0 Å². The van der Waals surface area contributed by atoms with Crippen molar-refractivity contribution in [3.63, 3.8) is 0 Å². The van der Waals surface area contributed by atoms with Gasteiger partial charge in [-0.15, -0.1) is 0 Å². The normalized spacial score (nSPS) is 16.5. The van der Waals surface area contributed by atoms with Crippen LogP contribution in [0.4, 0.5) is 0 Å². The van der Waals surface area contributed by atoms with Gasteiger partial charge in [0.15, 0.2) is 0 Å². The molecule has 0 nitrogen and oxygen atoms in total. The van der Waals surface area contributed by atoms with Gasteiger partial charge in [-0.2, -0.15) is 0 Å². The van der Waals surface area contributed by atoms with E-state index in [1.807, 2.05) is 0 Å². The van der Waals surface area contributed by atoms with Crippen molar-refractivity contribution in [1.29, 1.82) is 0 Å². The Morgan fingerprint density at radius 1 is 1.62 bits per heavy atom. The Bertz CT molecular complexity index is 136. The van der Waals surface area contributed by atoms with Gasteiger partial charge in [-0.25, -0.2) is 0 Å². The van der Waals surface area contributed by atoms with Crippen LogP contribution in [-0.4, -0.2) is 0 Å². The molecule has 0 atom stereocenters. The first kappa shape index (κ1) is 6.32. The summed E-state index contributed by atoms with van der Waals surface area (Å²) in [6, 6.07) is 0. The van der Waals surface area contributed by atoms with Crippen molar-refractivity contribution >= 4 is 0 Å². The van der Waals surface area contributed by atoms with Crippen molar-refractivity contribution in [3.8, 4) is 0 Å². The minimum atomic E-state index is -0.657. The van der Waals surface area contributed by atoms with Crippen molar-refractivity contribution in [3.05, 3.63) is 22.1 Å². The number of hydrogen-bond acceptors (Lipinski definition) is 0. The van der Waals surface area contributed by atoms with Crippen LogP contribution in [0.1, 0.15) is 7.85 Å². The Hall–Kier alpha value is 0.194. The molecular formula is C7H12Ti. The Labute approximate surface area is 58.6 Å². The SMILES string of the molecule is [CH3][Ti+]([CH3])[C]1=CC=CC1.[H-]. The molecule has 1 aliphatic carbocycles. The van der Waals surface area contributed by atoms with E-state index in [-0.39, 0.29) is 1.43 Å². The fourth-order valence-electron chi connectivity index (χ4n) is 0.818. The van der Waals surface area contributed by atoms with Crippen molar-refractivity contribution < 1.29 is 19.3 Å². The summed E-state index contributed by atoms with van der Waals surface area (Å²) in [5.74, 6) is 0. The van der Waals surface area contributed by atoms with E-state index in [1.165, 1.54) is 6.42 Å². The van der Waals surface area contributed by atoms with Crippen LogP contribution in [0.5, 0.6) is 0 Å². The molecule has 0 amide bonds. The summed E-state index contributed by atoms with van der Waals surface area (Å²) >= 11 is -0.657. The average Bonchev–Trinajstić information content (AvgIpc) is 2.12. The first-order chi connectivity index (χ1) is 3.80. The first-order valence-corrected chi connectivity index (χ1v) is 6.87. The molecule has 0 bridgehead atoms. The van der Waals surface area contributed by atoms with Crippen molar-refractivity contribution in [2.75, 3.05) is 0 Å². The maximum absolute atomic E-state index is 2.40. The third kappa shape index (κ3) is 1.33. The third-order valence-electron chi connectivity index (χ3n) is 1.41. The zero-order valence-corrected chi connectivity index (χ0v) is 7.00. The zero-order valence-electron chi connectivity index (χ0n) is 6.44. The van der Waals surface area contributed by atoms with Crippen LogP contribution in [-0.2, 0) is 17.9 Å². The molecule has 0 N–H and O–H groups in total. The molecule has 0 spiro atoms. The Morgan fingerprint density at radius 2 is 2.38 bits per heavy atom. The summed E-state index contributed by atoms with van der Waals surface area (Å²) in [6.07, 6.45) is 7.96. The van der Waals surface area contributed by atoms with Gasteiger partial charge in [-0.1, -0.05) is 0 Å². The summed E-state index contributed by atoms with van der Waals surface area (Å²) < 4.78 is 1.73. The van der Waals surface area contributed by atoms with E-state index in [1.54, 1.807) is 3.88 Å². The predicted molar refractivity (Wildman–Crippen MR) is 34.7 cm³/mol. The second-order valence-corrected chi connectivity index (χ2v) is 6.45. The molecule has 0 radical (unpaired) electrons. The van der Waals surface area contributed by atoms with Crippen LogP contribution in [0.25, 0.3) is 0 Å². The smallest absolute Gasteiger partial charge is 1.00 e. The van der Waals surface area contributed by atoms with E-state index < -0.39 is 17.9 Å². The Morgan fingerprint density at radius 3 is 2.62 bits per heavy atom. The van der Waals surface area contributed by atoms with Crippen LogP contribution in [0.15, 0.2) is 22.1 Å². The molecular weight excluding hydrogens is 132 g/mol. The van der Waals surface area contributed by atoms with Crippen molar-refractivity contribution in [2.45, 2.75) is 16.9 Å². The molecule has 1 heteroatoms. The minimum absolute atomic E-state index is 0. The summed E-state index contributed by atoms with van der Waals surface area (Å²) in [5.41, 5.74) is 0. The van der Waals surface area contributed by atoms with Gasteiger partial charge in [-0.05, 0) is 0 Å². The van der Waals surface area contributed by atoms with Gasteiger partial charge in [0.25, 0.3) is 0 Å². The van der Waals surface area contributed by atoms with Crippen LogP contribution < -0.4 is 0 Å². The Balaban J connectivity index is 0.000000640. The van der Waals surface area contributed by atoms with E-state index in [0.717, 1.165) is 0 Å². The summed E-state index contributed by atoms with van der Waals surface area (Å²) in [4.78, 5) is 0. The number of hydrogen-bond donors (Lipinski definition) is 0. The standard InChI is InChI=1S/C5H5.2CH3.Ti.H/c1-2-4-5-3-1;;;;/h1-3H,4H2;2*1H3;;/q;;;+1;-1. The largest absolute Gasteiger partial charge is 1.00 e. The average molecular weight is 144 g/mol. The Kier molecular flexibility index (Phi) is 2.10. The van der Waals surface area contributed by atoms with Gasteiger partial charge in [0.05, 0.1) is 0 Å². The van der Waals surface area contributed by atoms with Crippen molar-refractivity contribution in [2.24, 2.45) is 0 Å². The van der Waals surface area contributed by atoms with E-state index in [0.29, 0.717) is 0 Å². The van der Waals surface area contributed by atoms with E-state index in [2.05, 4.69) is 28.7 Å². The molecule has 1 rings (SSSR count). The summed E-state index contributed by atoms with van der Waals surface area (Å²) in [6.45, 7) is 0. The minimum Gasteiger partial charge on any atom is -1.00 e. The molecule has 8 heavy (non-hydrogen) atoms. The van der Waals surface area contributed by atoms with Gasteiger partial charge in [0.1, 0.15) is 0 Å². The van der Waals surface area contributed by atoms with Crippen LogP contribution in [0, 0.1) is 0 Å². The van der Waals surface area contributed by atoms with Crippen LogP contribution >= 0.6 is 0 Å². The molecule has 0 aromatic heterocycles. The maximum Gasteiger partial charge on any atom is -1.00 e. The van der Waals surface area contributed by atoms with Crippen molar-refractivity contribution in [1.82, 2.24) is 0 Å². The monoisotopic (exact) mass is 144 g/mol. The van der Waals surface area contributed by atoms with Gasteiger partial charge in [0.2, 0.25) is 0 Å². The molecule has 0 aromatic carbocycles. The molecule has 0 saturated heterocycles. The molecule has 0 unspecified atom stereocenters. The molecule has 0 saturated carbocycles. The quantitative estimate of drug-likeness (QED) is 0.496. The third-order valence-corrected chi connectivity index (χ3v) is 4.00. The molecule has 0 aliphatic heterocycles. The maximum atomic E-state index is 2.40. The van der Waals surface area contributed by atoms with Gasteiger partial charge < -0.3 is 1.43 Å². The fraction of sp³-hybridized carbons (Fsp3) is 0.429. The molecule has 0 heterocycles. The van der Waals surface area contributed by atoms with Gasteiger partial charge in [0, 0.05) is 0 Å². The van der Waals surface area contributed by atoms with E-state index >= 15 is 0 Å².